The Kier molecular flexibility index (Phi) is 5.28. The molecule has 2 aromatic carbocycles. The van der Waals surface area contributed by atoms with Crippen LogP contribution in [0.3, 0.4) is 0 Å². The molecule has 1 heterocycles. The zero-order valence-corrected chi connectivity index (χ0v) is 14.0. The molecule has 0 saturated carbocycles. The molecule has 2 aromatic rings. The number of guanidine groups is 1. The van der Waals surface area contributed by atoms with Crippen LogP contribution in [-0.2, 0) is 6.18 Å². The molecule has 0 radical (unpaired) electrons. The van der Waals surface area contributed by atoms with E-state index in [1.165, 1.54) is 12.1 Å². The molecule has 6 N–H and O–H groups in total. The summed E-state index contributed by atoms with van der Waals surface area (Å²) in [5.74, 6) is 11.6. The molecule has 0 spiro atoms. The van der Waals surface area contributed by atoms with E-state index >= 15 is 0 Å². The lowest BCUT2D eigenvalue weighted by Gasteiger charge is -2.12. The minimum atomic E-state index is -4.38. The second-order valence-corrected chi connectivity index (χ2v) is 5.59. The summed E-state index contributed by atoms with van der Waals surface area (Å²) >= 11 is 0. The van der Waals surface area contributed by atoms with Gasteiger partial charge in [0.1, 0.15) is 12.4 Å². The van der Waals surface area contributed by atoms with Crippen LogP contribution < -0.4 is 27.3 Å². The molecule has 1 aliphatic rings. The van der Waals surface area contributed by atoms with Crippen LogP contribution in [0.2, 0.25) is 0 Å². The molecule has 142 valence electrons. The van der Waals surface area contributed by atoms with Gasteiger partial charge in [-0.15, -0.1) is 0 Å². The van der Waals surface area contributed by atoms with E-state index in [-0.39, 0.29) is 5.96 Å². The van der Waals surface area contributed by atoms with Crippen molar-refractivity contribution >= 4 is 11.8 Å². The number of nitrogens with two attached hydrogens (primary N) is 2. The monoisotopic (exact) mass is 378 g/mol. The van der Waals surface area contributed by atoms with Gasteiger partial charge in [0.15, 0.2) is 5.84 Å². The number of nitrogens with zero attached hydrogens (tertiary/aromatic N) is 2. The highest BCUT2D eigenvalue weighted by Crippen LogP contribution is 2.33. The van der Waals surface area contributed by atoms with Gasteiger partial charge in [-0.2, -0.15) is 18.2 Å². The Morgan fingerprint density at radius 1 is 1.04 bits per heavy atom. The average Bonchev–Trinajstić information content (AvgIpc) is 2.87. The van der Waals surface area contributed by atoms with Gasteiger partial charge < -0.3 is 4.74 Å². The van der Waals surface area contributed by atoms with Gasteiger partial charge in [0.25, 0.3) is 0 Å². The van der Waals surface area contributed by atoms with E-state index in [4.69, 9.17) is 16.4 Å². The number of hydrogen-bond acceptors (Lipinski definition) is 5. The Morgan fingerprint density at radius 2 is 1.70 bits per heavy atom. The van der Waals surface area contributed by atoms with Gasteiger partial charge in [0.05, 0.1) is 17.7 Å². The largest absolute Gasteiger partial charge is 0.491 e. The first-order chi connectivity index (χ1) is 12.9. The summed E-state index contributed by atoms with van der Waals surface area (Å²) in [6, 6.07) is 10.1. The molecule has 0 atom stereocenters. The van der Waals surface area contributed by atoms with E-state index in [2.05, 4.69) is 20.8 Å². The third-order valence-electron chi connectivity index (χ3n) is 3.87. The summed E-state index contributed by atoms with van der Waals surface area (Å²) in [6.07, 6.45) is -4.38. The van der Waals surface area contributed by atoms with Crippen LogP contribution in [0.15, 0.2) is 52.4 Å². The summed E-state index contributed by atoms with van der Waals surface area (Å²) in [4.78, 5) is 8.57. The SMILES string of the molecule is NNC(=NC1=NCCOc2ccc(-c3ccc(C(F)(F)F)cc3)cc21)NN. The minimum absolute atomic E-state index is 0.0986. The van der Waals surface area contributed by atoms with Crippen LogP contribution in [-0.4, -0.2) is 24.9 Å². The Hall–Kier alpha value is -3.11. The summed E-state index contributed by atoms with van der Waals surface area (Å²) < 4.78 is 43.9. The molecule has 0 fully saturated rings. The fraction of sp³-hybridized carbons (Fsp3) is 0.176. The van der Waals surface area contributed by atoms with Crippen LogP contribution >= 0.6 is 0 Å². The highest BCUT2D eigenvalue weighted by atomic mass is 19.4. The van der Waals surface area contributed by atoms with Gasteiger partial charge in [-0.1, -0.05) is 18.2 Å². The Labute approximate surface area is 152 Å². The van der Waals surface area contributed by atoms with E-state index < -0.39 is 11.7 Å². The van der Waals surface area contributed by atoms with E-state index in [1.54, 1.807) is 18.2 Å². The Morgan fingerprint density at radius 3 is 2.33 bits per heavy atom. The lowest BCUT2D eigenvalue weighted by Crippen LogP contribution is -2.45. The van der Waals surface area contributed by atoms with E-state index in [1.807, 2.05) is 0 Å². The predicted molar refractivity (Wildman–Crippen MR) is 95.9 cm³/mol. The van der Waals surface area contributed by atoms with Crippen molar-refractivity contribution in [3.05, 3.63) is 53.6 Å². The third-order valence-corrected chi connectivity index (χ3v) is 3.87. The molecule has 10 heteroatoms. The second-order valence-electron chi connectivity index (χ2n) is 5.59. The first kappa shape index (κ1) is 18.7. The maximum absolute atomic E-state index is 12.8. The fourth-order valence-corrected chi connectivity index (χ4v) is 2.56. The standard InChI is InChI=1S/C17H17F3N6O/c18-17(19,20)12-4-1-10(2-5-12)11-3-6-14-13(9-11)15(23-7-8-27-14)24-16(25-21)26-22/h1-6,9H,7-8,21-22H2,(H2,23,24,25,26). The number of amidine groups is 1. The van der Waals surface area contributed by atoms with Gasteiger partial charge in [-0.25, -0.2) is 11.7 Å². The first-order valence-electron chi connectivity index (χ1n) is 7.93. The smallest absolute Gasteiger partial charge is 0.416 e. The number of aliphatic imine (C=N–C) groups is 2. The number of ether oxygens (including phenoxy) is 1. The number of hydrazine groups is 2. The number of halogens is 3. The quantitative estimate of drug-likeness (QED) is 0.262. The zero-order chi connectivity index (χ0) is 19.4. The van der Waals surface area contributed by atoms with Gasteiger partial charge in [-0.05, 0) is 35.4 Å². The molecule has 0 aromatic heterocycles. The Balaban J connectivity index is 2.01. The predicted octanol–water partition coefficient (Wildman–Crippen LogP) is 1.79. The average molecular weight is 378 g/mol. The molecule has 3 rings (SSSR count). The van der Waals surface area contributed by atoms with Crippen molar-refractivity contribution in [2.24, 2.45) is 21.7 Å². The summed E-state index contributed by atoms with van der Waals surface area (Å²) in [6.45, 7) is 0.749. The van der Waals surface area contributed by atoms with Crippen molar-refractivity contribution in [3.63, 3.8) is 0 Å². The maximum Gasteiger partial charge on any atom is 0.416 e. The van der Waals surface area contributed by atoms with Crippen LogP contribution in [0.4, 0.5) is 13.2 Å². The number of benzene rings is 2. The first-order valence-corrected chi connectivity index (χ1v) is 7.93. The Bertz CT molecular complexity index is 871. The van der Waals surface area contributed by atoms with Gasteiger partial charge in [0.2, 0.25) is 5.96 Å². The molecule has 0 aliphatic carbocycles. The van der Waals surface area contributed by atoms with Gasteiger partial charge in [-0.3, -0.25) is 15.8 Å². The van der Waals surface area contributed by atoms with Crippen molar-refractivity contribution < 1.29 is 17.9 Å². The highest BCUT2D eigenvalue weighted by molar-refractivity contribution is 6.08. The van der Waals surface area contributed by atoms with E-state index in [0.29, 0.717) is 41.4 Å². The molecular formula is C17H17F3N6O. The van der Waals surface area contributed by atoms with Gasteiger partial charge >= 0.3 is 6.18 Å². The molecule has 0 unspecified atom stereocenters. The van der Waals surface area contributed by atoms with Crippen LogP contribution in [0.1, 0.15) is 11.1 Å². The molecule has 7 nitrogen and oxygen atoms in total. The molecule has 0 bridgehead atoms. The molecule has 1 aliphatic heterocycles. The molecule has 0 amide bonds. The molecule has 27 heavy (non-hydrogen) atoms. The summed E-state index contributed by atoms with van der Waals surface area (Å²) in [5.41, 5.74) is 5.79. The van der Waals surface area contributed by atoms with Gasteiger partial charge in [0, 0.05) is 0 Å². The van der Waals surface area contributed by atoms with Crippen molar-refractivity contribution in [2.45, 2.75) is 6.18 Å². The topological polar surface area (TPSA) is 110 Å². The zero-order valence-electron chi connectivity index (χ0n) is 14.0. The lowest BCUT2D eigenvalue weighted by atomic mass is 10.0. The van der Waals surface area contributed by atoms with Crippen molar-refractivity contribution in [1.29, 1.82) is 0 Å². The highest BCUT2D eigenvalue weighted by Gasteiger charge is 2.30. The third kappa shape index (κ3) is 4.18. The number of nitrogens with one attached hydrogen (secondary N) is 2. The lowest BCUT2D eigenvalue weighted by molar-refractivity contribution is -0.137. The summed E-state index contributed by atoms with van der Waals surface area (Å²) in [5, 5.41) is 0. The normalized spacial score (nSPS) is 13.6. The molecule has 0 saturated heterocycles. The number of fused-ring (bicyclic) bond motifs is 1. The van der Waals surface area contributed by atoms with Crippen molar-refractivity contribution in [1.82, 2.24) is 10.9 Å². The minimum Gasteiger partial charge on any atom is -0.491 e. The van der Waals surface area contributed by atoms with Crippen molar-refractivity contribution in [3.8, 4) is 16.9 Å². The number of rotatable bonds is 1. The van der Waals surface area contributed by atoms with Crippen LogP contribution in [0, 0.1) is 0 Å². The number of alkyl halides is 3. The maximum atomic E-state index is 12.8. The summed E-state index contributed by atoms with van der Waals surface area (Å²) in [7, 11) is 0. The number of hydrogen-bond donors (Lipinski definition) is 4. The van der Waals surface area contributed by atoms with Crippen molar-refractivity contribution in [2.75, 3.05) is 13.2 Å². The van der Waals surface area contributed by atoms with Crippen LogP contribution in [0.5, 0.6) is 5.75 Å². The van der Waals surface area contributed by atoms with E-state index in [9.17, 15) is 13.2 Å². The fourth-order valence-electron chi connectivity index (χ4n) is 2.56. The van der Waals surface area contributed by atoms with Crippen LogP contribution in [0.25, 0.3) is 11.1 Å². The van der Waals surface area contributed by atoms with E-state index in [0.717, 1.165) is 12.1 Å². The molecular weight excluding hydrogens is 361 g/mol. The second kappa shape index (κ2) is 7.64.